The van der Waals surface area contributed by atoms with Crippen LogP contribution in [0.4, 0.5) is 21.2 Å². The van der Waals surface area contributed by atoms with E-state index in [4.69, 9.17) is 32.0 Å². The van der Waals surface area contributed by atoms with Gasteiger partial charge in [-0.1, -0.05) is 17.7 Å². The summed E-state index contributed by atoms with van der Waals surface area (Å²) in [5, 5.41) is 15.2. The normalized spacial score (nSPS) is 20.2. The molecule has 4 aromatic rings. The number of rotatable bonds is 5. The first-order valence-corrected chi connectivity index (χ1v) is 15.8. The van der Waals surface area contributed by atoms with E-state index in [-0.39, 0.29) is 23.1 Å². The van der Waals surface area contributed by atoms with Crippen LogP contribution >= 0.6 is 22.9 Å². The Balaban J connectivity index is 1.49. The number of nitrogens with zero attached hydrogens (tertiary/aromatic N) is 6. The number of benzene rings is 2. The number of aromatic nitrogens is 2. The summed E-state index contributed by atoms with van der Waals surface area (Å²) in [5.41, 5.74) is 9.84. The summed E-state index contributed by atoms with van der Waals surface area (Å²) in [6, 6.07) is 5.10. The number of nitriles is 1. The molecule has 13 heteroatoms. The molecule has 2 saturated heterocycles. The van der Waals surface area contributed by atoms with Crippen molar-refractivity contribution in [3.05, 3.63) is 39.7 Å². The Hall–Kier alpha value is -3.76. The zero-order valence-corrected chi connectivity index (χ0v) is 26.3. The molecule has 2 atom stereocenters. The zero-order chi connectivity index (χ0) is 30.9. The molecule has 0 spiro atoms. The highest BCUT2D eigenvalue weighted by Crippen LogP contribution is 2.49. The third-order valence-electron chi connectivity index (χ3n) is 9.13. The SMILES string of the molecule is CN1CCC[C@@H](Nc2nc(N3CC[C@H](N(C)C)C3)nc3c(Cl)c(-c4ccc(F)c5sc(N)c(C#N)c45)c4c(c23)COC4)C1=O. The van der Waals surface area contributed by atoms with Crippen molar-refractivity contribution < 1.29 is 13.9 Å². The Labute approximate surface area is 263 Å². The van der Waals surface area contributed by atoms with Crippen LogP contribution in [0.3, 0.4) is 0 Å². The minimum Gasteiger partial charge on any atom is -0.389 e. The first-order valence-electron chi connectivity index (χ1n) is 14.6. The first kappa shape index (κ1) is 29.0. The van der Waals surface area contributed by atoms with E-state index in [0.717, 1.165) is 54.9 Å². The second-order valence-corrected chi connectivity index (χ2v) is 13.4. The monoisotopic (exact) mass is 634 g/mol. The third kappa shape index (κ3) is 4.53. The van der Waals surface area contributed by atoms with Crippen molar-refractivity contribution in [2.45, 2.75) is 44.6 Å². The fourth-order valence-electron chi connectivity index (χ4n) is 6.73. The van der Waals surface area contributed by atoms with Gasteiger partial charge in [-0.05, 0) is 56.1 Å². The molecule has 1 amide bonds. The second-order valence-electron chi connectivity index (χ2n) is 11.9. The number of anilines is 3. The number of nitrogens with two attached hydrogens (primary N) is 1. The number of carbonyl (C=O) groups is 1. The van der Waals surface area contributed by atoms with E-state index in [2.05, 4.69) is 35.3 Å². The molecule has 0 saturated carbocycles. The van der Waals surface area contributed by atoms with Gasteiger partial charge in [-0.25, -0.2) is 9.37 Å². The Bertz CT molecular complexity index is 1890. The molecular weight excluding hydrogens is 603 g/mol. The number of thiophene rings is 1. The molecule has 2 aromatic heterocycles. The van der Waals surface area contributed by atoms with Crippen LogP contribution in [0.15, 0.2) is 12.1 Å². The van der Waals surface area contributed by atoms with E-state index < -0.39 is 11.9 Å². The molecular formula is C31H32ClFN8O2S. The number of hydrogen-bond donors (Lipinski definition) is 2. The maximum Gasteiger partial charge on any atom is 0.244 e. The Morgan fingerprint density at radius 1 is 1.20 bits per heavy atom. The van der Waals surface area contributed by atoms with E-state index in [1.165, 1.54) is 6.07 Å². The van der Waals surface area contributed by atoms with Crippen LogP contribution in [0.2, 0.25) is 5.02 Å². The van der Waals surface area contributed by atoms with Gasteiger partial charge in [0.05, 0.1) is 39.4 Å². The van der Waals surface area contributed by atoms with Crippen LogP contribution in [0.25, 0.3) is 32.1 Å². The number of amides is 1. The van der Waals surface area contributed by atoms with E-state index >= 15 is 4.39 Å². The van der Waals surface area contributed by atoms with Gasteiger partial charge in [0.1, 0.15) is 28.7 Å². The van der Waals surface area contributed by atoms with Crippen molar-refractivity contribution in [2.24, 2.45) is 0 Å². The number of halogens is 2. The largest absolute Gasteiger partial charge is 0.389 e. The topological polar surface area (TPSA) is 124 Å². The summed E-state index contributed by atoms with van der Waals surface area (Å²) in [4.78, 5) is 29.3. The summed E-state index contributed by atoms with van der Waals surface area (Å²) in [7, 11) is 5.95. The number of carbonyl (C=O) groups excluding carboxylic acids is 1. The number of likely N-dealkylation sites (N-methyl/N-ethyl adjacent to an activating group) is 2. The minimum absolute atomic E-state index is 0.0156. The molecule has 3 aliphatic rings. The van der Waals surface area contributed by atoms with Crippen molar-refractivity contribution in [1.29, 1.82) is 5.26 Å². The van der Waals surface area contributed by atoms with Crippen LogP contribution in [0.1, 0.15) is 36.0 Å². The maximum absolute atomic E-state index is 15.0. The van der Waals surface area contributed by atoms with Gasteiger partial charge in [-0.2, -0.15) is 10.2 Å². The predicted molar refractivity (Wildman–Crippen MR) is 172 cm³/mol. The van der Waals surface area contributed by atoms with Gasteiger partial charge in [0, 0.05) is 43.7 Å². The summed E-state index contributed by atoms with van der Waals surface area (Å²) in [6.45, 7) is 2.80. The molecule has 5 heterocycles. The van der Waals surface area contributed by atoms with Crippen LogP contribution in [0.5, 0.6) is 0 Å². The maximum atomic E-state index is 15.0. The lowest BCUT2D eigenvalue weighted by molar-refractivity contribution is -0.132. The lowest BCUT2D eigenvalue weighted by Gasteiger charge is -2.31. The van der Waals surface area contributed by atoms with Crippen LogP contribution in [-0.4, -0.2) is 78.5 Å². The molecule has 2 fully saturated rings. The number of piperidine rings is 1. The Kier molecular flexibility index (Phi) is 7.24. The highest BCUT2D eigenvalue weighted by Gasteiger charge is 2.34. The highest BCUT2D eigenvalue weighted by molar-refractivity contribution is 7.23. The predicted octanol–water partition coefficient (Wildman–Crippen LogP) is 4.96. The summed E-state index contributed by atoms with van der Waals surface area (Å²) < 4.78 is 21.3. The lowest BCUT2D eigenvalue weighted by atomic mass is 9.91. The molecule has 3 aliphatic heterocycles. The summed E-state index contributed by atoms with van der Waals surface area (Å²) >= 11 is 8.40. The molecule has 0 aliphatic carbocycles. The van der Waals surface area contributed by atoms with Crippen molar-refractivity contribution in [1.82, 2.24) is 19.8 Å². The number of nitrogens with one attached hydrogen (secondary N) is 1. The standard InChI is InChI=1S/C31H32ClFN8O2S/c1-39(2)15-8-10-41(12-15)31-37-26-24(29(38-31)36-21-5-4-9-40(3)30(21)42)19-14-43-13-18(19)22(25(26)32)16-6-7-20(33)27-23(16)17(11-34)28(35)44-27/h6-7,15,21H,4-5,8-10,12-14,35H2,1-3H3,(H,36,37,38)/t15-,21+/m0/s1. The number of nitrogen functional groups attached to an aromatic ring is 1. The average molecular weight is 635 g/mol. The van der Waals surface area contributed by atoms with E-state index in [1.54, 1.807) is 11.0 Å². The fourth-order valence-corrected chi connectivity index (χ4v) is 8.03. The van der Waals surface area contributed by atoms with E-state index in [0.29, 0.717) is 68.0 Å². The van der Waals surface area contributed by atoms with Crippen LogP contribution in [-0.2, 0) is 22.7 Å². The number of ether oxygens (including phenoxy) is 1. The number of fused-ring (bicyclic) bond motifs is 4. The van der Waals surface area contributed by atoms with Crippen molar-refractivity contribution in [3.63, 3.8) is 0 Å². The molecule has 3 N–H and O–H groups in total. The summed E-state index contributed by atoms with van der Waals surface area (Å²) in [6.07, 6.45) is 2.53. The van der Waals surface area contributed by atoms with Gasteiger partial charge in [0.2, 0.25) is 11.9 Å². The quantitative estimate of drug-likeness (QED) is 0.313. The average Bonchev–Trinajstić information content (AvgIpc) is 3.75. The Morgan fingerprint density at radius 3 is 2.75 bits per heavy atom. The molecule has 0 radical (unpaired) electrons. The van der Waals surface area contributed by atoms with Crippen LogP contribution < -0.4 is 16.0 Å². The molecule has 0 bridgehead atoms. The fraction of sp³-hybridized carbons (Fsp3) is 0.419. The van der Waals surface area contributed by atoms with Gasteiger partial charge in [-0.15, -0.1) is 11.3 Å². The lowest BCUT2D eigenvalue weighted by Crippen LogP contribution is -2.45. The highest BCUT2D eigenvalue weighted by atomic mass is 35.5. The van der Waals surface area contributed by atoms with E-state index in [9.17, 15) is 10.1 Å². The molecule has 7 rings (SSSR count). The van der Waals surface area contributed by atoms with Gasteiger partial charge in [0.25, 0.3) is 0 Å². The summed E-state index contributed by atoms with van der Waals surface area (Å²) in [5.74, 6) is 0.634. The van der Waals surface area contributed by atoms with E-state index in [1.807, 2.05) is 7.05 Å². The van der Waals surface area contributed by atoms with Crippen molar-refractivity contribution >= 4 is 66.6 Å². The molecule has 0 unspecified atom stereocenters. The smallest absolute Gasteiger partial charge is 0.244 e. The molecule has 2 aromatic carbocycles. The van der Waals surface area contributed by atoms with Gasteiger partial charge < -0.3 is 30.5 Å². The van der Waals surface area contributed by atoms with Gasteiger partial charge in [0.15, 0.2) is 0 Å². The molecule has 44 heavy (non-hydrogen) atoms. The minimum atomic E-state index is -0.450. The zero-order valence-electron chi connectivity index (χ0n) is 24.7. The number of hydrogen-bond acceptors (Lipinski definition) is 10. The van der Waals surface area contributed by atoms with Crippen LogP contribution in [0, 0.1) is 17.1 Å². The molecule has 10 nitrogen and oxygen atoms in total. The first-order chi connectivity index (χ1) is 21.2. The van der Waals surface area contributed by atoms with Gasteiger partial charge in [-0.3, -0.25) is 4.79 Å². The second kappa shape index (κ2) is 11.0. The Morgan fingerprint density at radius 2 is 2.00 bits per heavy atom. The number of likely N-dealkylation sites (tertiary alicyclic amines) is 1. The molecule has 228 valence electrons. The van der Waals surface area contributed by atoms with Gasteiger partial charge >= 0.3 is 0 Å². The van der Waals surface area contributed by atoms with Crippen molar-refractivity contribution in [2.75, 3.05) is 56.7 Å². The van der Waals surface area contributed by atoms with Crippen molar-refractivity contribution in [3.8, 4) is 17.2 Å². The third-order valence-corrected chi connectivity index (χ3v) is 10.5.